The van der Waals surface area contributed by atoms with Crippen LogP contribution in [0.4, 0.5) is 8.78 Å². The molecule has 1 atom stereocenters. The molecular formula is C12H17F2NO. The van der Waals surface area contributed by atoms with Crippen LogP contribution in [0.25, 0.3) is 0 Å². The summed E-state index contributed by atoms with van der Waals surface area (Å²) in [5.41, 5.74) is -0.177. The van der Waals surface area contributed by atoms with Gasteiger partial charge in [0, 0.05) is 18.7 Å². The Morgan fingerprint density at radius 2 is 1.94 bits per heavy atom. The molecule has 1 aromatic rings. The van der Waals surface area contributed by atoms with Gasteiger partial charge in [0.1, 0.15) is 11.6 Å². The lowest BCUT2D eigenvalue weighted by atomic mass is 9.91. The number of halogens is 2. The number of ether oxygens (including phenoxy) is 1. The number of nitrogens with one attached hydrogen (secondary N) is 1. The summed E-state index contributed by atoms with van der Waals surface area (Å²) in [4.78, 5) is 0. The number of hydrogen-bond acceptors (Lipinski definition) is 2. The first-order chi connectivity index (χ1) is 7.42. The topological polar surface area (TPSA) is 21.3 Å². The second kappa shape index (κ2) is 4.89. The van der Waals surface area contributed by atoms with Crippen molar-refractivity contribution in [3.63, 3.8) is 0 Å². The van der Waals surface area contributed by atoms with Crippen molar-refractivity contribution < 1.29 is 13.5 Å². The van der Waals surface area contributed by atoms with Crippen molar-refractivity contribution >= 4 is 0 Å². The average molecular weight is 229 g/mol. The van der Waals surface area contributed by atoms with Crippen molar-refractivity contribution in [3.05, 3.63) is 35.4 Å². The maximum atomic E-state index is 13.6. The first kappa shape index (κ1) is 13.1. The molecule has 16 heavy (non-hydrogen) atoms. The lowest BCUT2D eigenvalue weighted by Crippen LogP contribution is -2.39. The van der Waals surface area contributed by atoms with E-state index in [9.17, 15) is 8.78 Å². The molecule has 0 aliphatic rings. The molecule has 0 bridgehead atoms. The van der Waals surface area contributed by atoms with Gasteiger partial charge in [0.05, 0.1) is 11.6 Å². The Morgan fingerprint density at radius 1 is 1.31 bits per heavy atom. The van der Waals surface area contributed by atoms with Gasteiger partial charge >= 0.3 is 0 Å². The van der Waals surface area contributed by atoms with Crippen LogP contribution in [0.5, 0.6) is 0 Å². The minimum absolute atomic E-state index is 0.335. The van der Waals surface area contributed by atoms with Gasteiger partial charge in [-0.3, -0.25) is 0 Å². The van der Waals surface area contributed by atoms with Crippen molar-refractivity contribution in [1.29, 1.82) is 0 Å². The Bertz CT molecular complexity index is 366. The van der Waals surface area contributed by atoms with E-state index in [-0.39, 0.29) is 6.04 Å². The molecule has 1 aromatic carbocycles. The van der Waals surface area contributed by atoms with Gasteiger partial charge in [-0.25, -0.2) is 8.78 Å². The van der Waals surface area contributed by atoms with Gasteiger partial charge in [0.15, 0.2) is 0 Å². The summed E-state index contributed by atoms with van der Waals surface area (Å²) in [7, 11) is 3.28. The zero-order valence-electron chi connectivity index (χ0n) is 9.97. The van der Waals surface area contributed by atoms with Crippen LogP contribution >= 0.6 is 0 Å². The fraction of sp³-hybridized carbons (Fsp3) is 0.500. The van der Waals surface area contributed by atoms with Gasteiger partial charge in [-0.1, -0.05) is 6.07 Å². The molecule has 0 saturated heterocycles. The van der Waals surface area contributed by atoms with Gasteiger partial charge in [-0.2, -0.15) is 0 Å². The van der Waals surface area contributed by atoms with Crippen LogP contribution < -0.4 is 5.32 Å². The summed E-state index contributed by atoms with van der Waals surface area (Å²) in [6.07, 6.45) is 0. The molecule has 0 heterocycles. The van der Waals surface area contributed by atoms with Crippen molar-refractivity contribution in [1.82, 2.24) is 5.32 Å². The van der Waals surface area contributed by atoms with E-state index in [2.05, 4.69) is 5.32 Å². The van der Waals surface area contributed by atoms with Crippen molar-refractivity contribution in [2.45, 2.75) is 25.5 Å². The summed E-state index contributed by atoms with van der Waals surface area (Å²) < 4.78 is 31.7. The minimum Gasteiger partial charge on any atom is -0.377 e. The fourth-order valence-electron chi connectivity index (χ4n) is 1.73. The second-order valence-electron chi connectivity index (χ2n) is 4.20. The first-order valence-corrected chi connectivity index (χ1v) is 5.09. The summed E-state index contributed by atoms with van der Waals surface area (Å²) >= 11 is 0. The zero-order chi connectivity index (χ0) is 12.3. The van der Waals surface area contributed by atoms with Crippen LogP contribution in [-0.4, -0.2) is 19.8 Å². The van der Waals surface area contributed by atoms with Gasteiger partial charge in [-0.05, 0) is 27.0 Å². The van der Waals surface area contributed by atoms with Crippen LogP contribution in [0.2, 0.25) is 0 Å². The summed E-state index contributed by atoms with van der Waals surface area (Å²) in [5, 5.41) is 2.98. The standard InChI is InChI=1S/C12H17F2NO/c1-12(2,16-4)11(15-3)9-6-5-8(13)7-10(9)14/h5-7,11,15H,1-4H3. The van der Waals surface area contributed by atoms with Gasteiger partial charge in [0.25, 0.3) is 0 Å². The number of benzene rings is 1. The lowest BCUT2D eigenvalue weighted by molar-refractivity contribution is -0.00994. The molecule has 1 unspecified atom stereocenters. The van der Waals surface area contributed by atoms with E-state index in [0.717, 1.165) is 6.07 Å². The number of hydrogen-bond donors (Lipinski definition) is 1. The van der Waals surface area contributed by atoms with Crippen molar-refractivity contribution in [3.8, 4) is 0 Å². The Hall–Kier alpha value is -1.00. The molecule has 0 aliphatic heterocycles. The van der Waals surface area contributed by atoms with Crippen LogP contribution in [0.15, 0.2) is 18.2 Å². The number of likely N-dealkylation sites (N-methyl/N-ethyl adjacent to an activating group) is 1. The molecule has 0 radical (unpaired) electrons. The van der Waals surface area contributed by atoms with Gasteiger partial charge in [0.2, 0.25) is 0 Å². The van der Waals surface area contributed by atoms with E-state index in [1.807, 2.05) is 13.8 Å². The molecular weight excluding hydrogens is 212 g/mol. The van der Waals surface area contributed by atoms with E-state index in [1.54, 1.807) is 14.2 Å². The zero-order valence-corrected chi connectivity index (χ0v) is 9.97. The molecule has 0 fully saturated rings. The van der Waals surface area contributed by atoms with Gasteiger partial charge in [-0.15, -0.1) is 0 Å². The molecule has 1 rings (SSSR count). The van der Waals surface area contributed by atoms with E-state index in [0.29, 0.717) is 5.56 Å². The Balaban J connectivity index is 3.14. The second-order valence-corrected chi connectivity index (χ2v) is 4.20. The molecule has 2 nitrogen and oxygen atoms in total. The first-order valence-electron chi connectivity index (χ1n) is 5.09. The fourth-order valence-corrected chi connectivity index (χ4v) is 1.73. The quantitative estimate of drug-likeness (QED) is 0.857. The third kappa shape index (κ3) is 2.57. The molecule has 0 aliphatic carbocycles. The highest BCUT2D eigenvalue weighted by Crippen LogP contribution is 2.29. The highest BCUT2D eigenvalue weighted by Gasteiger charge is 2.31. The average Bonchev–Trinajstić information content (AvgIpc) is 2.22. The summed E-state index contributed by atoms with van der Waals surface area (Å²) in [6.45, 7) is 3.69. The Morgan fingerprint density at radius 3 is 2.38 bits per heavy atom. The largest absolute Gasteiger partial charge is 0.377 e. The maximum Gasteiger partial charge on any atom is 0.131 e. The van der Waals surface area contributed by atoms with E-state index >= 15 is 0 Å². The molecule has 1 N–H and O–H groups in total. The molecule has 4 heteroatoms. The van der Waals surface area contributed by atoms with Crippen LogP contribution in [0, 0.1) is 11.6 Å². The SMILES string of the molecule is CNC(c1ccc(F)cc1F)C(C)(C)OC. The van der Waals surface area contributed by atoms with Crippen LogP contribution in [0.3, 0.4) is 0 Å². The molecule has 0 saturated carbocycles. The lowest BCUT2D eigenvalue weighted by Gasteiger charge is -2.33. The van der Waals surface area contributed by atoms with Crippen molar-refractivity contribution in [2.75, 3.05) is 14.2 Å². The Kier molecular flexibility index (Phi) is 3.99. The highest BCUT2D eigenvalue weighted by atomic mass is 19.1. The van der Waals surface area contributed by atoms with Crippen LogP contribution in [-0.2, 0) is 4.74 Å². The molecule has 90 valence electrons. The smallest absolute Gasteiger partial charge is 0.131 e. The predicted octanol–water partition coefficient (Wildman–Crippen LogP) is 2.65. The molecule has 0 spiro atoms. The van der Waals surface area contributed by atoms with E-state index < -0.39 is 17.2 Å². The van der Waals surface area contributed by atoms with Crippen molar-refractivity contribution in [2.24, 2.45) is 0 Å². The maximum absolute atomic E-state index is 13.6. The normalized spacial score (nSPS) is 13.9. The minimum atomic E-state index is -0.577. The monoisotopic (exact) mass is 229 g/mol. The number of rotatable bonds is 4. The summed E-state index contributed by atoms with van der Waals surface area (Å²) in [6, 6.07) is 3.23. The molecule has 0 amide bonds. The molecule has 0 aromatic heterocycles. The summed E-state index contributed by atoms with van der Waals surface area (Å²) in [5.74, 6) is -1.14. The van der Waals surface area contributed by atoms with Gasteiger partial charge < -0.3 is 10.1 Å². The van der Waals surface area contributed by atoms with Crippen LogP contribution in [0.1, 0.15) is 25.5 Å². The Labute approximate surface area is 94.6 Å². The van der Waals surface area contributed by atoms with E-state index in [1.165, 1.54) is 12.1 Å². The predicted molar refractivity (Wildman–Crippen MR) is 59.2 cm³/mol. The number of methoxy groups -OCH3 is 1. The third-order valence-corrected chi connectivity index (χ3v) is 2.78. The third-order valence-electron chi connectivity index (χ3n) is 2.78. The van der Waals surface area contributed by atoms with E-state index in [4.69, 9.17) is 4.74 Å². The highest BCUT2D eigenvalue weighted by molar-refractivity contribution is 5.24.